The normalized spacial score (nSPS) is 13.5. The number of hydrogen-bond donors (Lipinski definition) is 1. The molecule has 1 aromatic carbocycles. The van der Waals surface area contributed by atoms with E-state index in [1.807, 2.05) is 75.5 Å². The van der Waals surface area contributed by atoms with Crippen molar-refractivity contribution in [3.63, 3.8) is 0 Å². The molecular weight excluding hydrogens is 496 g/mol. The number of aromatic nitrogens is 4. The van der Waals surface area contributed by atoms with E-state index < -0.39 is 0 Å². The molecule has 0 atom stereocenters. The Kier molecular flexibility index (Phi) is 5.87. The standard InChI is InChI=1S/C29H28N6O2S/c1-29(2,3)24-15-26(35(32-24)19-9-5-4-6-10-19)31-27(36)21-18-38-23-17-33(14-12-20(21)23)28(37)22-16-30-25-11-7-8-13-34(22)25/h4-11,13,15-16,18H,12,14,17H2,1-3H3,(H,31,36). The van der Waals surface area contributed by atoms with Crippen LogP contribution in [0.5, 0.6) is 0 Å². The molecule has 9 heteroatoms. The SMILES string of the molecule is CC(C)(C)c1cc(NC(=O)c2csc3c2CCN(C(=O)c2cnc4ccccn24)C3)n(-c2ccccc2)n1. The number of rotatable bonds is 4. The van der Waals surface area contributed by atoms with Crippen LogP contribution in [-0.4, -0.2) is 42.4 Å². The number of amides is 2. The summed E-state index contributed by atoms with van der Waals surface area (Å²) in [5.74, 6) is 0.406. The molecule has 192 valence electrons. The van der Waals surface area contributed by atoms with Gasteiger partial charge in [0, 0.05) is 34.5 Å². The van der Waals surface area contributed by atoms with Crippen molar-refractivity contribution in [3.8, 4) is 5.69 Å². The fourth-order valence-electron chi connectivity index (χ4n) is 4.73. The number of nitrogens with zero attached hydrogens (tertiary/aromatic N) is 5. The molecule has 1 aliphatic heterocycles. The summed E-state index contributed by atoms with van der Waals surface area (Å²) in [6, 6.07) is 17.4. The molecule has 2 amide bonds. The topological polar surface area (TPSA) is 84.5 Å². The second kappa shape index (κ2) is 9.25. The lowest BCUT2D eigenvalue weighted by Crippen LogP contribution is -2.36. The van der Waals surface area contributed by atoms with Crippen LogP contribution < -0.4 is 5.32 Å². The first-order chi connectivity index (χ1) is 18.3. The van der Waals surface area contributed by atoms with Gasteiger partial charge in [-0.05, 0) is 36.2 Å². The number of pyridine rings is 1. The average molecular weight is 525 g/mol. The first-order valence-electron chi connectivity index (χ1n) is 12.6. The zero-order valence-electron chi connectivity index (χ0n) is 21.5. The van der Waals surface area contributed by atoms with E-state index in [1.165, 1.54) is 11.3 Å². The van der Waals surface area contributed by atoms with Gasteiger partial charge in [-0.1, -0.05) is 45.0 Å². The van der Waals surface area contributed by atoms with E-state index in [0.29, 0.717) is 36.6 Å². The predicted molar refractivity (Wildman–Crippen MR) is 148 cm³/mol. The number of imidazole rings is 1. The molecule has 0 radical (unpaired) electrons. The van der Waals surface area contributed by atoms with Crippen LogP contribution in [0, 0.1) is 0 Å². The maximum absolute atomic E-state index is 13.5. The third kappa shape index (κ3) is 4.28. The summed E-state index contributed by atoms with van der Waals surface area (Å²) in [6.07, 6.45) is 4.10. The molecule has 4 aromatic heterocycles. The smallest absolute Gasteiger partial charge is 0.272 e. The highest BCUT2D eigenvalue weighted by Crippen LogP contribution is 2.31. The first-order valence-corrected chi connectivity index (χ1v) is 13.5. The van der Waals surface area contributed by atoms with E-state index in [9.17, 15) is 9.59 Å². The summed E-state index contributed by atoms with van der Waals surface area (Å²) in [6.45, 7) is 7.32. The Hall–Kier alpha value is -4.24. The van der Waals surface area contributed by atoms with Crippen LogP contribution in [0.2, 0.25) is 0 Å². The van der Waals surface area contributed by atoms with Gasteiger partial charge in [-0.3, -0.25) is 14.0 Å². The summed E-state index contributed by atoms with van der Waals surface area (Å²) in [5.41, 5.74) is 4.56. The minimum absolute atomic E-state index is 0.0600. The number of anilines is 1. The maximum atomic E-state index is 13.5. The molecule has 0 aliphatic carbocycles. The highest BCUT2D eigenvalue weighted by molar-refractivity contribution is 7.10. The molecule has 5 aromatic rings. The van der Waals surface area contributed by atoms with Crippen LogP contribution in [0.25, 0.3) is 11.3 Å². The van der Waals surface area contributed by atoms with Crippen LogP contribution in [0.15, 0.2) is 72.4 Å². The molecule has 1 aliphatic rings. The number of carbonyl (C=O) groups is 2. The third-order valence-electron chi connectivity index (χ3n) is 6.84. The van der Waals surface area contributed by atoms with Crippen molar-refractivity contribution in [1.29, 1.82) is 0 Å². The third-order valence-corrected chi connectivity index (χ3v) is 7.85. The second-order valence-electron chi connectivity index (χ2n) is 10.5. The van der Waals surface area contributed by atoms with Crippen LogP contribution in [0.1, 0.15) is 57.8 Å². The number of fused-ring (bicyclic) bond motifs is 2. The molecule has 8 nitrogen and oxygen atoms in total. The number of benzene rings is 1. The summed E-state index contributed by atoms with van der Waals surface area (Å²) < 4.78 is 3.60. The Bertz CT molecular complexity index is 1660. The van der Waals surface area contributed by atoms with Gasteiger partial charge in [0.1, 0.15) is 17.2 Å². The number of carbonyl (C=O) groups excluding carboxylic acids is 2. The van der Waals surface area contributed by atoms with Crippen molar-refractivity contribution < 1.29 is 9.59 Å². The van der Waals surface area contributed by atoms with E-state index in [1.54, 1.807) is 10.9 Å². The van der Waals surface area contributed by atoms with Crippen molar-refractivity contribution in [1.82, 2.24) is 24.1 Å². The monoisotopic (exact) mass is 524 g/mol. The molecule has 38 heavy (non-hydrogen) atoms. The van der Waals surface area contributed by atoms with E-state index in [0.717, 1.165) is 27.5 Å². The zero-order chi connectivity index (χ0) is 26.4. The van der Waals surface area contributed by atoms with Gasteiger partial charge in [0.25, 0.3) is 11.8 Å². The molecule has 1 N–H and O–H groups in total. The Morgan fingerprint density at radius 1 is 1.05 bits per heavy atom. The lowest BCUT2D eigenvalue weighted by Gasteiger charge is -2.27. The van der Waals surface area contributed by atoms with Gasteiger partial charge in [0.2, 0.25) is 0 Å². The molecule has 0 fully saturated rings. The zero-order valence-corrected chi connectivity index (χ0v) is 22.3. The van der Waals surface area contributed by atoms with Crippen molar-refractivity contribution in [2.24, 2.45) is 0 Å². The van der Waals surface area contributed by atoms with Crippen LogP contribution in [-0.2, 0) is 18.4 Å². The average Bonchev–Trinajstić information content (AvgIpc) is 3.65. The lowest BCUT2D eigenvalue weighted by atomic mass is 9.92. The van der Waals surface area contributed by atoms with E-state index >= 15 is 0 Å². The van der Waals surface area contributed by atoms with Crippen LogP contribution in [0.4, 0.5) is 5.82 Å². The summed E-state index contributed by atoms with van der Waals surface area (Å²) in [5, 5.41) is 9.81. The number of thiophene rings is 1. The van der Waals surface area contributed by atoms with Crippen LogP contribution in [0.3, 0.4) is 0 Å². The molecule has 0 spiro atoms. The van der Waals surface area contributed by atoms with Gasteiger partial charge >= 0.3 is 0 Å². The summed E-state index contributed by atoms with van der Waals surface area (Å²) >= 11 is 1.52. The quantitative estimate of drug-likeness (QED) is 0.344. The van der Waals surface area contributed by atoms with Crippen molar-refractivity contribution in [3.05, 3.63) is 99.8 Å². The van der Waals surface area contributed by atoms with E-state index in [4.69, 9.17) is 5.10 Å². The van der Waals surface area contributed by atoms with E-state index in [2.05, 4.69) is 31.1 Å². The van der Waals surface area contributed by atoms with Crippen molar-refractivity contribution >= 4 is 34.6 Å². The fourth-order valence-corrected chi connectivity index (χ4v) is 5.83. The highest BCUT2D eigenvalue weighted by Gasteiger charge is 2.29. The van der Waals surface area contributed by atoms with Gasteiger partial charge in [0.15, 0.2) is 0 Å². The largest absolute Gasteiger partial charge is 0.332 e. The number of para-hydroxylation sites is 1. The molecular formula is C29H28N6O2S. The van der Waals surface area contributed by atoms with Crippen molar-refractivity contribution in [2.75, 3.05) is 11.9 Å². The van der Waals surface area contributed by atoms with Gasteiger partial charge in [-0.25, -0.2) is 9.67 Å². The summed E-state index contributed by atoms with van der Waals surface area (Å²) in [7, 11) is 0. The van der Waals surface area contributed by atoms with E-state index in [-0.39, 0.29) is 17.2 Å². The molecule has 0 saturated carbocycles. The van der Waals surface area contributed by atoms with Gasteiger partial charge in [-0.2, -0.15) is 5.10 Å². The van der Waals surface area contributed by atoms with Gasteiger partial charge < -0.3 is 10.2 Å². The Labute approximate surface area is 224 Å². The molecule has 0 unspecified atom stereocenters. The minimum atomic E-state index is -0.169. The lowest BCUT2D eigenvalue weighted by molar-refractivity contribution is 0.0730. The highest BCUT2D eigenvalue weighted by atomic mass is 32.1. The molecule has 0 bridgehead atoms. The summed E-state index contributed by atoms with van der Waals surface area (Å²) in [4.78, 5) is 34.0. The van der Waals surface area contributed by atoms with Gasteiger partial charge in [0.05, 0.1) is 29.7 Å². The van der Waals surface area contributed by atoms with Crippen LogP contribution >= 0.6 is 11.3 Å². The molecule has 5 heterocycles. The Balaban J connectivity index is 1.24. The Morgan fingerprint density at radius 3 is 2.63 bits per heavy atom. The number of nitrogens with one attached hydrogen (secondary N) is 1. The minimum Gasteiger partial charge on any atom is -0.332 e. The fraction of sp³-hybridized carbons (Fsp3) is 0.241. The first kappa shape index (κ1) is 24.1. The number of hydrogen-bond acceptors (Lipinski definition) is 5. The van der Waals surface area contributed by atoms with Gasteiger partial charge in [-0.15, -0.1) is 11.3 Å². The second-order valence-corrected chi connectivity index (χ2v) is 11.4. The molecule has 6 rings (SSSR count). The molecule has 0 saturated heterocycles. The maximum Gasteiger partial charge on any atom is 0.272 e. The van der Waals surface area contributed by atoms with Crippen molar-refractivity contribution in [2.45, 2.75) is 39.2 Å². The Morgan fingerprint density at radius 2 is 1.84 bits per heavy atom. The predicted octanol–water partition coefficient (Wildman–Crippen LogP) is 5.33.